The number of hydrogen-bond acceptors (Lipinski definition) is 6. The van der Waals surface area contributed by atoms with E-state index in [1.54, 1.807) is 18.2 Å². The Morgan fingerprint density at radius 3 is 2.29 bits per heavy atom. The number of carbonyl (C=O) groups excluding carboxylic acids is 2. The minimum absolute atomic E-state index is 0.133. The normalized spacial score (nSPS) is 10.7. The molecule has 0 fully saturated rings. The second-order valence-electron chi connectivity index (χ2n) is 5.05. The van der Waals surface area contributed by atoms with Gasteiger partial charge < -0.3 is 0 Å². The van der Waals surface area contributed by atoms with Crippen LogP contribution in [-0.4, -0.2) is 21.2 Å². The van der Waals surface area contributed by atoms with E-state index in [1.807, 2.05) is 0 Å². The molecule has 3 aromatic rings. The number of rotatable bonds is 3. The highest BCUT2D eigenvalue weighted by Gasteiger charge is 2.18. The van der Waals surface area contributed by atoms with Crippen LogP contribution in [0.15, 0.2) is 47.3 Å². The van der Waals surface area contributed by atoms with Crippen LogP contribution in [0.4, 0.5) is 5.69 Å². The summed E-state index contributed by atoms with van der Waals surface area (Å²) in [6, 6.07) is 9.70. The van der Waals surface area contributed by atoms with Crippen molar-refractivity contribution in [1.29, 1.82) is 0 Å². The standard InChI is InChI=1S/C16H10N2O5S/c1-9(19)11-4-7-13-14(8-11)24-16(21)17(13)15(20)10-2-5-12(6-3-10)18(22)23/h2-8H,1H3. The molecule has 0 atom stereocenters. The second kappa shape index (κ2) is 5.82. The van der Waals surface area contributed by atoms with E-state index in [9.17, 15) is 24.5 Å². The summed E-state index contributed by atoms with van der Waals surface area (Å²) in [6.07, 6.45) is 0. The average Bonchev–Trinajstić information content (AvgIpc) is 2.89. The third-order valence-electron chi connectivity index (χ3n) is 3.52. The molecule has 0 unspecified atom stereocenters. The van der Waals surface area contributed by atoms with Crippen molar-refractivity contribution in [1.82, 2.24) is 4.57 Å². The fourth-order valence-corrected chi connectivity index (χ4v) is 3.20. The topological polar surface area (TPSA) is 99.3 Å². The number of ketones is 1. The van der Waals surface area contributed by atoms with Crippen LogP contribution in [-0.2, 0) is 0 Å². The largest absolute Gasteiger partial charge is 0.315 e. The number of carbonyl (C=O) groups is 2. The van der Waals surface area contributed by atoms with Crippen LogP contribution in [0.5, 0.6) is 0 Å². The van der Waals surface area contributed by atoms with Crippen LogP contribution >= 0.6 is 11.3 Å². The van der Waals surface area contributed by atoms with Crippen molar-refractivity contribution in [3.05, 3.63) is 73.4 Å². The Morgan fingerprint density at radius 2 is 1.71 bits per heavy atom. The van der Waals surface area contributed by atoms with Crippen molar-refractivity contribution in [2.24, 2.45) is 0 Å². The number of fused-ring (bicyclic) bond motifs is 1. The Kier molecular flexibility index (Phi) is 3.82. The number of non-ortho nitro benzene ring substituents is 1. The lowest BCUT2D eigenvalue weighted by Crippen LogP contribution is -2.22. The molecule has 0 aliphatic carbocycles. The Balaban J connectivity index is 2.09. The number of benzene rings is 2. The maximum absolute atomic E-state index is 12.6. The zero-order valence-electron chi connectivity index (χ0n) is 12.4. The van der Waals surface area contributed by atoms with E-state index in [0.29, 0.717) is 15.8 Å². The molecule has 0 amide bonds. The van der Waals surface area contributed by atoms with Gasteiger partial charge in [0, 0.05) is 23.3 Å². The molecule has 0 bridgehead atoms. The molecule has 1 heterocycles. The van der Waals surface area contributed by atoms with Gasteiger partial charge in [-0.25, -0.2) is 4.57 Å². The lowest BCUT2D eigenvalue weighted by Gasteiger charge is -2.03. The van der Waals surface area contributed by atoms with Crippen LogP contribution in [0, 0.1) is 10.1 Å². The maximum Gasteiger partial charge on any atom is 0.315 e. The summed E-state index contributed by atoms with van der Waals surface area (Å²) in [6.45, 7) is 1.42. The van der Waals surface area contributed by atoms with Gasteiger partial charge in [-0.1, -0.05) is 11.3 Å². The van der Waals surface area contributed by atoms with Crippen LogP contribution in [0.25, 0.3) is 10.2 Å². The monoisotopic (exact) mass is 342 g/mol. The molecule has 0 spiro atoms. The molecule has 0 saturated carbocycles. The molecule has 24 heavy (non-hydrogen) atoms. The average molecular weight is 342 g/mol. The maximum atomic E-state index is 12.6. The summed E-state index contributed by atoms with van der Waals surface area (Å²) < 4.78 is 1.54. The Bertz CT molecular complexity index is 1050. The third kappa shape index (κ3) is 2.63. The molecule has 1 aromatic heterocycles. The predicted molar refractivity (Wildman–Crippen MR) is 88.9 cm³/mol. The van der Waals surface area contributed by atoms with Crippen LogP contribution in [0.1, 0.15) is 27.6 Å². The first-order valence-corrected chi connectivity index (χ1v) is 7.66. The van der Waals surface area contributed by atoms with E-state index in [4.69, 9.17) is 0 Å². The highest BCUT2D eigenvalue weighted by Crippen LogP contribution is 2.21. The van der Waals surface area contributed by atoms with Gasteiger partial charge in [-0.3, -0.25) is 24.5 Å². The van der Waals surface area contributed by atoms with Crippen LogP contribution < -0.4 is 4.87 Å². The lowest BCUT2D eigenvalue weighted by atomic mass is 10.1. The molecule has 120 valence electrons. The van der Waals surface area contributed by atoms with Gasteiger partial charge in [0.25, 0.3) is 11.6 Å². The van der Waals surface area contributed by atoms with Gasteiger partial charge in [0.2, 0.25) is 0 Å². The molecular formula is C16H10N2O5S. The van der Waals surface area contributed by atoms with Gasteiger partial charge in [-0.2, -0.15) is 0 Å². The number of nitro benzene ring substituents is 1. The first kappa shape index (κ1) is 15.8. The smallest absolute Gasteiger partial charge is 0.295 e. The molecule has 0 saturated heterocycles. The molecule has 3 rings (SSSR count). The summed E-state index contributed by atoms with van der Waals surface area (Å²) in [4.78, 5) is 45.8. The molecule has 7 nitrogen and oxygen atoms in total. The molecule has 8 heteroatoms. The van der Waals surface area contributed by atoms with Crippen molar-refractivity contribution in [3.8, 4) is 0 Å². The SMILES string of the molecule is CC(=O)c1ccc2c(c1)sc(=O)n2C(=O)c1ccc([N+](=O)[O-])cc1. The van der Waals surface area contributed by atoms with E-state index < -0.39 is 15.7 Å². The van der Waals surface area contributed by atoms with Gasteiger partial charge >= 0.3 is 4.87 Å². The minimum Gasteiger partial charge on any atom is -0.295 e. The Hall–Kier alpha value is -3.13. The predicted octanol–water partition coefficient (Wildman–Crippen LogP) is 2.86. The summed E-state index contributed by atoms with van der Waals surface area (Å²) in [5, 5.41) is 10.7. The van der Waals surface area contributed by atoms with Crippen molar-refractivity contribution in [2.45, 2.75) is 6.92 Å². The number of hydrogen-bond donors (Lipinski definition) is 0. The quantitative estimate of drug-likeness (QED) is 0.414. The Labute approximate surface area is 138 Å². The molecule has 0 aliphatic rings. The van der Waals surface area contributed by atoms with Crippen molar-refractivity contribution in [3.63, 3.8) is 0 Å². The molecule has 0 N–H and O–H groups in total. The summed E-state index contributed by atoms with van der Waals surface area (Å²) in [5.74, 6) is -0.706. The third-order valence-corrected chi connectivity index (χ3v) is 4.42. The molecule has 2 aromatic carbocycles. The van der Waals surface area contributed by atoms with Gasteiger partial charge in [0.15, 0.2) is 5.78 Å². The minimum atomic E-state index is -0.572. The van der Waals surface area contributed by atoms with Crippen LogP contribution in [0.2, 0.25) is 0 Å². The van der Waals surface area contributed by atoms with Gasteiger partial charge in [-0.05, 0) is 37.3 Å². The molecular weight excluding hydrogens is 332 g/mol. The van der Waals surface area contributed by atoms with E-state index in [2.05, 4.69) is 0 Å². The summed E-state index contributed by atoms with van der Waals surface area (Å²) in [5.41, 5.74) is 0.884. The Morgan fingerprint density at radius 1 is 1.08 bits per heavy atom. The van der Waals surface area contributed by atoms with E-state index >= 15 is 0 Å². The van der Waals surface area contributed by atoms with Gasteiger partial charge in [0.1, 0.15) is 0 Å². The molecule has 0 aliphatic heterocycles. The van der Waals surface area contributed by atoms with Crippen molar-refractivity contribution in [2.75, 3.05) is 0 Å². The highest BCUT2D eigenvalue weighted by atomic mass is 32.1. The number of nitro groups is 1. The van der Waals surface area contributed by atoms with Gasteiger partial charge in [0.05, 0.1) is 15.1 Å². The van der Waals surface area contributed by atoms with E-state index in [-0.39, 0.29) is 17.0 Å². The number of aromatic nitrogens is 1. The lowest BCUT2D eigenvalue weighted by molar-refractivity contribution is -0.384. The zero-order chi connectivity index (χ0) is 17.4. The second-order valence-corrected chi connectivity index (χ2v) is 6.04. The van der Waals surface area contributed by atoms with E-state index in [0.717, 1.165) is 15.9 Å². The highest BCUT2D eigenvalue weighted by molar-refractivity contribution is 7.16. The number of nitrogens with zero attached hydrogens (tertiary/aromatic N) is 2. The first-order valence-electron chi connectivity index (χ1n) is 6.84. The fourth-order valence-electron chi connectivity index (χ4n) is 2.28. The summed E-state index contributed by atoms with van der Waals surface area (Å²) in [7, 11) is 0. The van der Waals surface area contributed by atoms with E-state index in [1.165, 1.54) is 31.2 Å². The number of thiazole rings is 1. The fraction of sp³-hybridized carbons (Fsp3) is 0.0625. The van der Waals surface area contributed by atoms with Crippen molar-refractivity contribution < 1.29 is 14.5 Å². The number of Topliss-reactive ketones (excluding diaryl/α,β-unsaturated/α-hetero) is 1. The van der Waals surface area contributed by atoms with Crippen LogP contribution in [0.3, 0.4) is 0 Å². The first-order chi connectivity index (χ1) is 11.4. The molecule has 0 radical (unpaired) electrons. The zero-order valence-corrected chi connectivity index (χ0v) is 13.2. The van der Waals surface area contributed by atoms with Crippen molar-refractivity contribution >= 4 is 38.9 Å². The van der Waals surface area contributed by atoms with Gasteiger partial charge in [-0.15, -0.1) is 0 Å². The summed E-state index contributed by atoms with van der Waals surface area (Å²) >= 11 is 0.867.